The molecule has 0 saturated carbocycles. The molecule has 1 aliphatic heterocycles. The summed E-state index contributed by atoms with van der Waals surface area (Å²) in [4.78, 5) is 6.81. The van der Waals surface area contributed by atoms with Crippen LogP contribution < -0.4 is 15.4 Å². The van der Waals surface area contributed by atoms with E-state index < -0.39 is 0 Å². The number of guanidine groups is 1. The zero-order valence-electron chi connectivity index (χ0n) is 15.9. The lowest BCUT2D eigenvalue weighted by molar-refractivity contribution is 0.220. The topological polar surface area (TPSA) is 72.7 Å². The number of nitriles is 1. The van der Waals surface area contributed by atoms with E-state index in [0.717, 1.165) is 25.1 Å². The highest BCUT2D eigenvalue weighted by atomic mass is 16.5. The van der Waals surface area contributed by atoms with Gasteiger partial charge >= 0.3 is 0 Å². The summed E-state index contributed by atoms with van der Waals surface area (Å²) in [5.41, 5.74) is 1.31. The molecule has 144 valence electrons. The number of nitrogens with zero attached hydrogens (tertiary/aromatic N) is 3. The molecule has 0 unspecified atom stereocenters. The lowest BCUT2D eigenvalue weighted by atomic mass is 10.1. The van der Waals surface area contributed by atoms with Crippen molar-refractivity contribution in [2.45, 2.75) is 38.6 Å². The third-order valence-electron chi connectivity index (χ3n) is 4.38. The summed E-state index contributed by atoms with van der Waals surface area (Å²) < 4.78 is 5.88. The van der Waals surface area contributed by atoms with Gasteiger partial charge in [-0.15, -0.1) is 6.42 Å². The van der Waals surface area contributed by atoms with E-state index in [1.54, 1.807) is 0 Å². The van der Waals surface area contributed by atoms with Gasteiger partial charge in [0.05, 0.1) is 13.2 Å². The van der Waals surface area contributed by atoms with Crippen LogP contribution in [0.5, 0.6) is 5.75 Å². The van der Waals surface area contributed by atoms with Crippen LogP contribution >= 0.6 is 0 Å². The first-order chi connectivity index (χ1) is 13.3. The Kier molecular flexibility index (Phi) is 9.63. The fraction of sp³-hybridized carbons (Fsp3) is 0.524. The van der Waals surface area contributed by atoms with E-state index in [2.05, 4.69) is 44.6 Å². The Morgan fingerprint density at radius 2 is 2.11 bits per heavy atom. The molecule has 6 nitrogen and oxygen atoms in total. The molecule has 0 atom stereocenters. The van der Waals surface area contributed by atoms with Gasteiger partial charge in [-0.2, -0.15) is 5.26 Å². The van der Waals surface area contributed by atoms with Gasteiger partial charge in [0.1, 0.15) is 5.75 Å². The highest BCUT2D eigenvalue weighted by Crippen LogP contribution is 2.17. The zero-order valence-corrected chi connectivity index (χ0v) is 15.9. The van der Waals surface area contributed by atoms with Crippen molar-refractivity contribution in [3.8, 4) is 24.3 Å². The van der Waals surface area contributed by atoms with Gasteiger partial charge in [0, 0.05) is 13.1 Å². The normalized spacial score (nSPS) is 14.8. The number of benzene rings is 1. The number of likely N-dealkylation sites (tertiary alicyclic amines) is 1. The number of rotatable bonds is 9. The van der Waals surface area contributed by atoms with Gasteiger partial charge in [-0.3, -0.25) is 15.2 Å². The van der Waals surface area contributed by atoms with E-state index >= 15 is 0 Å². The second-order valence-electron chi connectivity index (χ2n) is 6.56. The lowest BCUT2D eigenvalue weighted by Crippen LogP contribution is -2.34. The Balaban J connectivity index is 1.67. The fourth-order valence-electron chi connectivity index (χ4n) is 3.03. The van der Waals surface area contributed by atoms with Gasteiger partial charge in [-0.25, -0.2) is 0 Å². The molecule has 0 spiro atoms. The van der Waals surface area contributed by atoms with E-state index in [1.165, 1.54) is 37.9 Å². The molecule has 6 heteroatoms. The Morgan fingerprint density at radius 1 is 1.26 bits per heavy atom. The summed E-state index contributed by atoms with van der Waals surface area (Å²) in [6.07, 6.45) is 12.8. The number of ether oxygens (including phenoxy) is 1. The molecular weight excluding hydrogens is 338 g/mol. The summed E-state index contributed by atoms with van der Waals surface area (Å²) in [5.74, 6) is 3.80. The average molecular weight is 367 g/mol. The van der Waals surface area contributed by atoms with Crippen LogP contribution in [0.1, 0.15) is 37.7 Å². The van der Waals surface area contributed by atoms with E-state index in [1.807, 2.05) is 12.3 Å². The quantitative estimate of drug-likeness (QED) is 0.175. The van der Waals surface area contributed by atoms with Crippen LogP contribution in [0, 0.1) is 23.8 Å². The number of unbranched alkanes of at least 4 members (excludes halogenated alkanes) is 1. The standard InChI is InChI=1S/C21H29N5O/c1-2-11-23-21(25-18-22)24-12-4-7-15-27-20-10-8-9-19(16-20)17-26-13-5-3-6-14-26/h1,8-10,16H,3-7,11-15,17H2,(H2,23,24,25). The molecule has 1 aromatic carbocycles. The zero-order chi connectivity index (χ0) is 19.2. The molecule has 0 bridgehead atoms. The number of piperidine rings is 1. The molecular formula is C21H29N5O. The van der Waals surface area contributed by atoms with E-state index in [9.17, 15) is 0 Å². The smallest absolute Gasteiger partial charge is 0.205 e. The van der Waals surface area contributed by atoms with Gasteiger partial charge in [-0.1, -0.05) is 24.5 Å². The van der Waals surface area contributed by atoms with Crippen molar-refractivity contribution < 1.29 is 4.74 Å². The SMILES string of the molecule is C#CCNC(=NCCCCOc1cccc(CN2CCCCC2)c1)NC#N. The highest BCUT2D eigenvalue weighted by molar-refractivity contribution is 5.81. The summed E-state index contributed by atoms with van der Waals surface area (Å²) in [6, 6.07) is 8.39. The summed E-state index contributed by atoms with van der Waals surface area (Å²) >= 11 is 0. The first-order valence-electron chi connectivity index (χ1n) is 9.63. The maximum absolute atomic E-state index is 8.67. The maximum atomic E-state index is 8.67. The minimum atomic E-state index is 0.338. The van der Waals surface area contributed by atoms with E-state index in [-0.39, 0.29) is 0 Å². The van der Waals surface area contributed by atoms with Crippen LogP contribution in [0.3, 0.4) is 0 Å². The number of hydrogen-bond acceptors (Lipinski definition) is 4. The molecule has 1 aliphatic rings. The predicted octanol–water partition coefficient (Wildman–Crippen LogP) is 2.48. The van der Waals surface area contributed by atoms with Crippen LogP contribution in [-0.2, 0) is 6.54 Å². The van der Waals surface area contributed by atoms with E-state index in [0.29, 0.717) is 25.7 Å². The van der Waals surface area contributed by atoms with Crippen molar-refractivity contribution in [3.05, 3.63) is 29.8 Å². The summed E-state index contributed by atoms with van der Waals surface area (Å²) in [6.45, 7) is 5.01. The van der Waals surface area contributed by atoms with Crippen molar-refractivity contribution >= 4 is 5.96 Å². The van der Waals surface area contributed by atoms with Crippen LogP contribution in [0.15, 0.2) is 29.3 Å². The molecule has 1 aromatic rings. The predicted molar refractivity (Wildman–Crippen MR) is 108 cm³/mol. The molecule has 27 heavy (non-hydrogen) atoms. The van der Waals surface area contributed by atoms with E-state index in [4.69, 9.17) is 16.4 Å². The van der Waals surface area contributed by atoms with Gasteiger partial charge in [0.15, 0.2) is 6.19 Å². The molecule has 0 aliphatic carbocycles. The Bertz CT molecular complexity index is 668. The molecule has 0 radical (unpaired) electrons. The lowest BCUT2D eigenvalue weighted by Gasteiger charge is -2.26. The van der Waals surface area contributed by atoms with Crippen molar-refractivity contribution in [1.82, 2.24) is 15.5 Å². The fourth-order valence-corrected chi connectivity index (χ4v) is 3.03. The highest BCUT2D eigenvalue weighted by Gasteiger charge is 2.10. The van der Waals surface area contributed by atoms with Gasteiger partial charge in [-0.05, 0) is 56.5 Å². The molecule has 2 N–H and O–H groups in total. The number of hydrogen-bond donors (Lipinski definition) is 2. The Labute approximate surface area is 162 Å². The molecule has 1 fully saturated rings. The maximum Gasteiger partial charge on any atom is 0.205 e. The Morgan fingerprint density at radius 3 is 2.89 bits per heavy atom. The van der Waals surface area contributed by atoms with Crippen molar-refractivity contribution in [1.29, 1.82) is 5.26 Å². The molecule has 2 rings (SSSR count). The monoisotopic (exact) mass is 367 g/mol. The second kappa shape index (κ2) is 12.6. The van der Waals surface area contributed by atoms with Gasteiger partial charge in [0.2, 0.25) is 5.96 Å². The third kappa shape index (κ3) is 8.48. The first kappa shape index (κ1) is 20.6. The van der Waals surface area contributed by atoms with Crippen molar-refractivity contribution in [2.24, 2.45) is 4.99 Å². The van der Waals surface area contributed by atoms with Crippen LogP contribution in [-0.4, -0.2) is 43.6 Å². The average Bonchev–Trinajstić information content (AvgIpc) is 2.69. The molecule has 1 heterocycles. The van der Waals surface area contributed by atoms with Crippen LogP contribution in [0.2, 0.25) is 0 Å². The molecule has 0 amide bonds. The van der Waals surface area contributed by atoms with Crippen LogP contribution in [0.25, 0.3) is 0 Å². The number of aliphatic imine (C=N–C) groups is 1. The van der Waals surface area contributed by atoms with Crippen molar-refractivity contribution in [3.63, 3.8) is 0 Å². The molecule has 1 saturated heterocycles. The number of nitrogens with one attached hydrogen (secondary N) is 2. The summed E-state index contributed by atoms with van der Waals surface area (Å²) in [5, 5.41) is 14.0. The molecule has 0 aromatic heterocycles. The first-order valence-corrected chi connectivity index (χ1v) is 9.63. The minimum Gasteiger partial charge on any atom is -0.494 e. The summed E-state index contributed by atoms with van der Waals surface area (Å²) in [7, 11) is 0. The third-order valence-corrected chi connectivity index (χ3v) is 4.38. The van der Waals surface area contributed by atoms with Gasteiger partial charge < -0.3 is 10.1 Å². The van der Waals surface area contributed by atoms with Crippen molar-refractivity contribution in [2.75, 3.05) is 32.8 Å². The largest absolute Gasteiger partial charge is 0.494 e. The number of terminal acetylenes is 1. The Hall–Kier alpha value is -2.70. The van der Waals surface area contributed by atoms with Gasteiger partial charge in [0.25, 0.3) is 0 Å². The second-order valence-corrected chi connectivity index (χ2v) is 6.56. The van der Waals surface area contributed by atoms with Crippen LogP contribution in [0.4, 0.5) is 0 Å². The minimum absolute atomic E-state index is 0.338.